The van der Waals surface area contributed by atoms with Gasteiger partial charge in [0.2, 0.25) is 5.82 Å². The van der Waals surface area contributed by atoms with E-state index >= 15 is 0 Å². The Morgan fingerprint density at radius 3 is 2.88 bits per heavy atom. The van der Waals surface area contributed by atoms with Crippen molar-refractivity contribution in [2.24, 2.45) is 0 Å². The molecule has 0 aliphatic heterocycles. The summed E-state index contributed by atoms with van der Waals surface area (Å²) in [6.45, 7) is 0. The predicted octanol–water partition coefficient (Wildman–Crippen LogP) is 1.84. The first-order valence-corrected chi connectivity index (χ1v) is 7.01. The van der Waals surface area contributed by atoms with Gasteiger partial charge in [-0.3, -0.25) is 4.98 Å². The zero-order chi connectivity index (χ0) is 16.5. The minimum absolute atomic E-state index is 0.312. The van der Waals surface area contributed by atoms with E-state index in [0.717, 1.165) is 0 Å². The zero-order valence-corrected chi connectivity index (χ0v) is 12.3. The number of nitrogens with one attached hydrogen (secondary N) is 1. The minimum Gasteiger partial charge on any atom is -0.398 e. The van der Waals surface area contributed by atoms with Crippen molar-refractivity contribution in [3.05, 3.63) is 54.9 Å². The number of H-pyrrole nitrogens is 1. The van der Waals surface area contributed by atoms with Crippen LogP contribution in [0.5, 0.6) is 0 Å². The number of nitrogens with two attached hydrogens (primary N) is 1. The number of anilines is 1. The second kappa shape index (κ2) is 5.54. The van der Waals surface area contributed by atoms with Crippen LogP contribution < -0.4 is 5.73 Å². The first kappa shape index (κ1) is 14.0. The fourth-order valence-corrected chi connectivity index (χ4v) is 2.30. The van der Waals surface area contributed by atoms with Crippen LogP contribution >= 0.6 is 0 Å². The highest BCUT2D eigenvalue weighted by Gasteiger charge is 2.12. The van der Waals surface area contributed by atoms with E-state index in [4.69, 9.17) is 5.73 Å². The molecule has 0 saturated carbocycles. The molecule has 0 radical (unpaired) electrons. The van der Waals surface area contributed by atoms with E-state index in [-0.39, 0.29) is 0 Å². The third kappa shape index (κ3) is 2.47. The van der Waals surface area contributed by atoms with Crippen molar-refractivity contribution in [3.8, 4) is 28.5 Å². The topological polar surface area (TPSA) is 111 Å². The summed E-state index contributed by atoms with van der Waals surface area (Å²) in [5.74, 6) is 0.351. The molecular formula is C15H11FN8. The molecule has 0 amide bonds. The highest BCUT2D eigenvalue weighted by molar-refractivity contribution is 5.76. The number of aromatic amines is 1. The molecule has 3 N–H and O–H groups in total. The van der Waals surface area contributed by atoms with Crippen LogP contribution in [-0.2, 0) is 0 Å². The van der Waals surface area contributed by atoms with Crippen molar-refractivity contribution in [1.29, 1.82) is 0 Å². The van der Waals surface area contributed by atoms with Gasteiger partial charge in [0.05, 0.1) is 5.69 Å². The number of rotatable bonds is 3. The maximum atomic E-state index is 14.0. The maximum absolute atomic E-state index is 14.0. The fourth-order valence-electron chi connectivity index (χ4n) is 2.30. The number of hydrogen-bond acceptors (Lipinski definition) is 6. The molecule has 0 aliphatic rings. The Labute approximate surface area is 135 Å². The largest absolute Gasteiger partial charge is 0.398 e. The Hall–Kier alpha value is -3.62. The molecule has 4 aromatic rings. The summed E-state index contributed by atoms with van der Waals surface area (Å²) in [5, 5.41) is 12.1. The molecule has 118 valence electrons. The summed E-state index contributed by atoms with van der Waals surface area (Å²) < 4.78 is 14.0. The molecule has 8 nitrogen and oxygen atoms in total. The number of nitrogen functional groups attached to an aromatic ring is 1. The Morgan fingerprint density at radius 1 is 1.17 bits per heavy atom. The Bertz CT molecular complexity index is 992. The van der Waals surface area contributed by atoms with Crippen LogP contribution in [0.2, 0.25) is 0 Å². The standard InChI is InChI=1S/C15H11FN8/c16-10-5-9(12-8-18-2-1-13(12)17)6-11(7-10)24-22-15(21-23-24)14-19-3-4-20-14/h1-8H,(H2,17,18)(H,19,20). The summed E-state index contributed by atoms with van der Waals surface area (Å²) in [6, 6.07) is 6.05. The highest BCUT2D eigenvalue weighted by Crippen LogP contribution is 2.27. The zero-order valence-electron chi connectivity index (χ0n) is 12.3. The number of nitrogens with zero attached hydrogens (tertiary/aromatic N) is 6. The van der Waals surface area contributed by atoms with Crippen LogP contribution in [0.15, 0.2) is 49.1 Å². The Balaban J connectivity index is 1.78. The second-order valence-corrected chi connectivity index (χ2v) is 5.00. The fraction of sp³-hybridized carbons (Fsp3) is 0. The molecule has 0 unspecified atom stereocenters. The lowest BCUT2D eigenvalue weighted by molar-refractivity contribution is 0.621. The molecule has 0 atom stereocenters. The van der Waals surface area contributed by atoms with Gasteiger partial charge in [-0.2, -0.15) is 0 Å². The number of imidazole rings is 1. The van der Waals surface area contributed by atoms with Gasteiger partial charge in [-0.15, -0.1) is 15.0 Å². The van der Waals surface area contributed by atoms with Crippen molar-refractivity contribution < 1.29 is 4.39 Å². The van der Waals surface area contributed by atoms with Crippen LogP contribution in [0.25, 0.3) is 28.5 Å². The van der Waals surface area contributed by atoms with Crippen LogP contribution in [0, 0.1) is 5.82 Å². The lowest BCUT2D eigenvalue weighted by Gasteiger charge is -2.07. The van der Waals surface area contributed by atoms with Crippen molar-refractivity contribution in [2.75, 3.05) is 5.73 Å². The molecular weight excluding hydrogens is 311 g/mol. The van der Waals surface area contributed by atoms with E-state index in [9.17, 15) is 4.39 Å². The number of hydrogen-bond donors (Lipinski definition) is 2. The van der Waals surface area contributed by atoms with Gasteiger partial charge in [0.15, 0.2) is 5.82 Å². The molecule has 0 aliphatic carbocycles. The van der Waals surface area contributed by atoms with E-state index in [0.29, 0.717) is 34.2 Å². The van der Waals surface area contributed by atoms with Crippen molar-refractivity contribution in [2.45, 2.75) is 0 Å². The molecule has 0 saturated heterocycles. The molecule has 3 heterocycles. The molecule has 0 bridgehead atoms. The highest BCUT2D eigenvalue weighted by atomic mass is 19.1. The lowest BCUT2D eigenvalue weighted by Crippen LogP contribution is -2.01. The van der Waals surface area contributed by atoms with E-state index in [1.54, 1.807) is 36.9 Å². The summed E-state index contributed by atoms with van der Waals surface area (Å²) in [4.78, 5) is 12.2. The van der Waals surface area contributed by atoms with Crippen LogP contribution in [0.3, 0.4) is 0 Å². The maximum Gasteiger partial charge on any atom is 0.240 e. The molecule has 0 spiro atoms. The number of pyridine rings is 1. The summed E-state index contributed by atoms with van der Waals surface area (Å²) >= 11 is 0. The van der Waals surface area contributed by atoms with Gasteiger partial charge in [-0.1, -0.05) is 0 Å². The Morgan fingerprint density at radius 2 is 2.08 bits per heavy atom. The van der Waals surface area contributed by atoms with Gasteiger partial charge in [-0.25, -0.2) is 9.37 Å². The number of tetrazole rings is 1. The van der Waals surface area contributed by atoms with Crippen LogP contribution in [0.4, 0.5) is 10.1 Å². The van der Waals surface area contributed by atoms with Gasteiger partial charge in [-0.05, 0) is 29.0 Å². The second-order valence-electron chi connectivity index (χ2n) is 5.00. The molecule has 1 aromatic carbocycles. The number of halogens is 1. The van der Waals surface area contributed by atoms with E-state index in [1.165, 1.54) is 16.9 Å². The normalized spacial score (nSPS) is 10.9. The molecule has 3 aromatic heterocycles. The van der Waals surface area contributed by atoms with Gasteiger partial charge in [0.25, 0.3) is 0 Å². The third-order valence-corrected chi connectivity index (χ3v) is 3.40. The van der Waals surface area contributed by atoms with E-state index in [2.05, 4.69) is 30.4 Å². The van der Waals surface area contributed by atoms with Crippen LogP contribution in [0.1, 0.15) is 0 Å². The minimum atomic E-state index is -0.442. The smallest absolute Gasteiger partial charge is 0.240 e. The SMILES string of the molecule is Nc1ccncc1-c1cc(F)cc(-n2nnc(-c3ncc[nH]3)n2)c1. The van der Waals surface area contributed by atoms with Crippen LogP contribution in [-0.4, -0.2) is 35.2 Å². The monoisotopic (exact) mass is 322 g/mol. The average molecular weight is 322 g/mol. The molecule has 0 fully saturated rings. The number of benzene rings is 1. The summed E-state index contributed by atoms with van der Waals surface area (Å²) in [5.41, 5.74) is 8.06. The lowest BCUT2D eigenvalue weighted by atomic mass is 10.1. The van der Waals surface area contributed by atoms with Crippen molar-refractivity contribution in [3.63, 3.8) is 0 Å². The predicted molar refractivity (Wildman–Crippen MR) is 84.3 cm³/mol. The van der Waals surface area contributed by atoms with Gasteiger partial charge in [0, 0.05) is 42.1 Å². The quantitative estimate of drug-likeness (QED) is 0.595. The number of aromatic nitrogens is 7. The van der Waals surface area contributed by atoms with Gasteiger partial charge in [0.1, 0.15) is 5.82 Å². The first-order chi connectivity index (χ1) is 11.7. The Kier molecular flexibility index (Phi) is 3.23. The van der Waals surface area contributed by atoms with E-state index in [1.807, 2.05) is 0 Å². The van der Waals surface area contributed by atoms with Crippen molar-refractivity contribution in [1.82, 2.24) is 35.2 Å². The molecule has 9 heteroatoms. The van der Waals surface area contributed by atoms with Crippen molar-refractivity contribution >= 4 is 5.69 Å². The van der Waals surface area contributed by atoms with E-state index < -0.39 is 5.82 Å². The summed E-state index contributed by atoms with van der Waals surface area (Å²) in [7, 11) is 0. The summed E-state index contributed by atoms with van der Waals surface area (Å²) in [6.07, 6.45) is 6.40. The first-order valence-electron chi connectivity index (χ1n) is 7.01. The molecule has 4 rings (SSSR count). The van der Waals surface area contributed by atoms with Gasteiger partial charge < -0.3 is 10.7 Å². The third-order valence-electron chi connectivity index (χ3n) is 3.40. The average Bonchev–Trinajstić information content (AvgIpc) is 3.26. The van der Waals surface area contributed by atoms with Gasteiger partial charge >= 0.3 is 0 Å². The molecule has 24 heavy (non-hydrogen) atoms.